The van der Waals surface area contributed by atoms with Crippen LogP contribution in [0.15, 0.2) is 0 Å². The monoisotopic (exact) mass is 300 g/mol. The maximum atomic E-state index is 14.1. The van der Waals surface area contributed by atoms with Crippen LogP contribution in [-0.2, 0) is 4.74 Å². The summed E-state index contributed by atoms with van der Waals surface area (Å²) in [5.74, 6) is 0.746. The second-order valence-corrected chi connectivity index (χ2v) is 6.72. The number of piperidine rings is 2. The van der Waals surface area contributed by atoms with Crippen molar-refractivity contribution in [1.82, 2.24) is 15.1 Å². The molecule has 3 fully saturated rings. The number of likely N-dealkylation sites (tertiary alicyclic amines) is 1. The van der Waals surface area contributed by atoms with Gasteiger partial charge in [0.25, 0.3) is 0 Å². The van der Waals surface area contributed by atoms with Crippen molar-refractivity contribution >= 4 is 0 Å². The molecule has 122 valence electrons. The van der Waals surface area contributed by atoms with Gasteiger partial charge in [0, 0.05) is 38.8 Å². The van der Waals surface area contributed by atoms with Gasteiger partial charge in [-0.1, -0.05) is 0 Å². The summed E-state index contributed by atoms with van der Waals surface area (Å²) >= 11 is 0. The number of rotatable bonds is 3. The van der Waals surface area contributed by atoms with Crippen molar-refractivity contribution in [3.8, 4) is 0 Å². The zero-order chi connectivity index (χ0) is 14.7. The molecule has 0 aliphatic carbocycles. The Hall–Kier alpha value is -0.270. The minimum atomic E-state index is -0.829. The lowest BCUT2D eigenvalue weighted by Crippen LogP contribution is -2.63. The van der Waals surface area contributed by atoms with Crippen molar-refractivity contribution in [1.29, 1.82) is 0 Å². The first kappa shape index (κ1) is 15.6. The lowest BCUT2D eigenvalue weighted by molar-refractivity contribution is 0.0121. The van der Waals surface area contributed by atoms with Crippen molar-refractivity contribution in [2.45, 2.75) is 31.1 Å². The molecule has 0 bridgehead atoms. The predicted molar refractivity (Wildman–Crippen MR) is 81.1 cm³/mol. The summed E-state index contributed by atoms with van der Waals surface area (Å²) in [6.07, 6.45) is 1.51. The Bertz CT molecular complexity index is 309. The second-order valence-electron chi connectivity index (χ2n) is 6.72. The molecule has 6 heteroatoms. The number of hydrogen-bond donors (Lipinski definition) is 2. The summed E-state index contributed by atoms with van der Waals surface area (Å²) in [5, 5.41) is 3.07. The average molecular weight is 300 g/mol. The van der Waals surface area contributed by atoms with Crippen LogP contribution in [0.2, 0.25) is 0 Å². The van der Waals surface area contributed by atoms with Crippen LogP contribution in [-0.4, -0.2) is 87.1 Å². The van der Waals surface area contributed by atoms with Crippen molar-refractivity contribution in [2.75, 3.05) is 59.0 Å². The highest BCUT2D eigenvalue weighted by atomic mass is 19.1. The van der Waals surface area contributed by atoms with E-state index in [9.17, 15) is 4.39 Å². The Labute approximate surface area is 127 Å². The van der Waals surface area contributed by atoms with Gasteiger partial charge < -0.3 is 15.8 Å². The van der Waals surface area contributed by atoms with E-state index in [0.717, 1.165) is 51.9 Å². The smallest absolute Gasteiger partial charge is 0.129 e. The highest BCUT2D eigenvalue weighted by Gasteiger charge is 2.37. The fourth-order valence-electron chi connectivity index (χ4n) is 3.98. The van der Waals surface area contributed by atoms with E-state index < -0.39 is 6.17 Å². The molecule has 0 aromatic rings. The summed E-state index contributed by atoms with van der Waals surface area (Å²) in [5.41, 5.74) is 6.12. The van der Waals surface area contributed by atoms with E-state index in [0.29, 0.717) is 6.54 Å². The minimum absolute atomic E-state index is 0.0791. The number of nitrogens with one attached hydrogen (secondary N) is 1. The van der Waals surface area contributed by atoms with Crippen LogP contribution in [0.3, 0.4) is 0 Å². The Morgan fingerprint density at radius 1 is 1.10 bits per heavy atom. The fraction of sp³-hybridized carbons (Fsp3) is 1.00. The van der Waals surface area contributed by atoms with E-state index in [1.54, 1.807) is 0 Å². The highest BCUT2D eigenvalue weighted by molar-refractivity contribution is 4.96. The highest BCUT2D eigenvalue weighted by Crippen LogP contribution is 2.24. The van der Waals surface area contributed by atoms with Gasteiger partial charge >= 0.3 is 0 Å². The Balaban J connectivity index is 1.45. The van der Waals surface area contributed by atoms with Crippen LogP contribution in [0, 0.1) is 5.92 Å². The predicted octanol–water partition coefficient (Wildman–Crippen LogP) is -0.332. The van der Waals surface area contributed by atoms with E-state index in [1.165, 1.54) is 19.4 Å². The quantitative estimate of drug-likeness (QED) is 0.747. The molecular weight excluding hydrogens is 271 g/mol. The lowest BCUT2D eigenvalue weighted by Gasteiger charge is -2.44. The first-order chi connectivity index (χ1) is 10.2. The van der Waals surface area contributed by atoms with Crippen LogP contribution in [0.25, 0.3) is 0 Å². The molecule has 5 nitrogen and oxygen atoms in total. The second kappa shape index (κ2) is 7.33. The molecule has 0 aromatic heterocycles. The lowest BCUT2D eigenvalue weighted by atomic mass is 9.91. The first-order valence-electron chi connectivity index (χ1n) is 8.38. The van der Waals surface area contributed by atoms with Gasteiger partial charge in [0.1, 0.15) is 6.17 Å². The molecule has 0 saturated carbocycles. The van der Waals surface area contributed by atoms with Crippen molar-refractivity contribution in [3.05, 3.63) is 0 Å². The molecule has 0 radical (unpaired) electrons. The third-order valence-electron chi connectivity index (χ3n) is 5.22. The molecule has 3 saturated heterocycles. The third-order valence-corrected chi connectivity index (χ3v) is 5.22. The number of nitrogens with zero attached hydrogens (tertiary/aromatic N) is 2. The van der Waals surface area contributed by atoms with Gasteiger partial charge in [-0.3, -0.25) is 9.80 Å². The largest absolute Gasteiger partial charge is 0.379 e. The number of nitrogens with two attached hydrogens (primary N) is 1. The van der Waals surface area contributed by atoms with Gasteiger partial charge in [0.15, 0.2) is 0 Å². The number of halogens is 1. The zero-order valence-corrected chi connectivity index (χ0v) is 12.8. The van der Waals surface area contributed by atoms with Crippen LogP contribution in [0.4, 0.5) is 4.39 Å². The molecule has 0 amide bonds. The van der Waals surface area contributed by atoms with Gasteiger partial charge in [-0.25, -0.2) is 4.39 Å². The standard InChI is InChI=1S/C15H29FN4O/c16-13-9-18-10-14(17)15(13)20-3-1-12(2-4-20)11-19-5-7-21-8-6-19/h12-15,18H,1-11,17H2. The Morgan fingerprint density at radius 3 is 2.48 bits per heavy atom. The maximum Gasteiger partial charge on any atom is 0.129 e. The topological polar surface area (TPSA) is 53.8 Å². The van der Waals surface area contributed by atoms with Crippen molar-refractivity contribution < 1.29 is 9.13 Å². The number of ether oxygens (including phenoxy) is 1. The number of morpholine rings is 1. The summed E-state index contributed by atoms with van der Waals surface area (Å²) < 4.78 is 19.5. The fourth-order valence-corrected chi connectivity index (χ4v) is 3.98. The molecule has 3 heterocycles. The number of hydrogen-bond acceptors (Lipinski definition) is 5. The molecule has 3 N–H and O–H groups in total. The van der Waals surface area contributed by atoms with Crippen LogP contribution < -0.4 is 11.1 Å². The van der Waals surface area contributed by atoms with Crippen molar-refractivity contribution in [2.24, 2.45) is 11.7 Å². The van der Waals surface area contributed by atoms with Gasteiger partial charge in [-0.05, 0) is 31.8 Å². The summed E-state index contributed by atoms with van der Waals surface area (Å²) in [6, 6.07) is -0.167. The number of alkyl halides is 1. The molecular formula is C15H29FN4O. The normalized spacial score (nSPS) is 37.7. The van der Waals surface area contributed by atoms with E-state index in [1.807, 2.05) is 0 Å². The maximum absolute atomic E-state index is 14.1. The van der Waals surface area contributed by atoms with Gasteiger partial charge in [0.05, 0.1) is 19.3 Å². The molecule has 3 unspecified atom stereocenters. The third kappa shape index (κ3) is 3.93. The molecule has 0 aromatic carbocycles. The first-order valence-corrected chi connectivity index (χ1v) is 8.38. The average Bonchev–Trinajstić information content (AvgIpc) is 2.50. The van der Waals surface area contributed by atoms with Crippen LogP contribution in [0.5, 0.6) is 0 Å². The van der Waals surface area contributed by atoms with E-state index in [4.69, 9.17) is 10.5 Å². The molecule has 0 spiro atoms. The van der Waals surface area contributed by atoms with E-state index in [2.05, 4.69) is 15.1 Å². The summed E-state index contributed by atoms with van der Waals surface area (Å²) in [6.45, 7) is 8.21. The van der Waals surface area contributed by atoms with Crippen LogP contribution in [0.1, 0.15) is 12.8 Å². The summed E-state index contributed by atoms with van der Waals surface area (Å²) in [4.78, 5) is 4.81. The Morgan fingerprint density at radius 2 is 1.81 bits per heavy atom. The van der Waals surface area contributed by atoms with Gasteiger partial charge in [-0.15, -0.1) is 0 Å². The SMILES string of the molecule is NC1CNCC(F)C1N1CCC(CN2CCOCC2)CC1. The molecule has 3 aliphatic rings. The van der Waals surface area contributed by atoms with E-state index >= 15 is 0 Å². The molecule has 3 rings (SSSR count). The molecule has 3 atom stereocenters. The van der Waals surface area contributed by atoms with Crippen molar-refractivity contribution in [3.63, 3.8) is 0 Å². The van der Waals surface area contributed by atoms with Gasteiger partial charge in [0.2, 0.25) is 0 Å². The minimum Gasteiger partial charge on any atom is -0.379 e. The summed E-state index contributed by atoms with van der Waals surface area (Å²) in [7, 11) is 0. The van der Waals surface area contributed by atoms with Gasteiger partial charge in [-0.2, -0.15) is 0 Å². The van der Waals surface area contributed by atoms with E-state index in [-0.39, 0.29) is 12.1 Å². The zero-order valence-electron chi connectivity index (χ0n) is 12.8. The molecule has 21 heavy (non-hydrogen) atoms. The van der Waals surface area contributed by atoms with Crippen LogP contribution >= 0.6 is 0 Å². The molecule has 3 aliphatic heterocycles. The Kier molecular flexibility index (Phi) is 5.45.